The Hall–Kier alpha value is -1.68. The Kier molecular flexibility index (Phi) is 4.30. The summed E-state index contributed by atoms with van der Waals surface area (Å²) in [7, 11) is 3.74. The van der Waals surface area contributed by atoms with E-state index in [-0.39, 0.29) is 11.2 Å². The normalized spacial score (nSPS) is 15.6. The SMILES string of the molecule is C[C@@H](Sc1nnc(NC2CC2)s1)c1nc(N)nc(N(C)C)n1. The lowest BCUT2D eigenvalue weighted by molar-refractivity contribution is 0.863. The molecule has 0 unspecified atom stereocenters. The van der Waals surface area contributed by atoms with Gasteiger partial charge >= 0.3 is 0 Å². The molecule has 2 aromatic heterocycles. The van der Waals surface area contributed by atoms with Gasteiger partial charge in [-0.05, 0) is 19.8 Å². The molecule has 3 rings (SSSR count). The minimum atomic E-state index is 0.0192. The van der Waals surface area contributed by atoms with E-state index in [1.54, 1.807) is 23.1 Å². The lowest BCUT2D eigenvalue weighted by atomic mass is 10.4. The molecule has 0 saturated heterocycles. The zero-order valence-electron chi connectivity index (χ0n) is 12.6. The van der Waals surface area contributed by atoms with E-state index in [0.717, 1.165) is 9.47 Å². The molecule has 8 nitrogen and oxygen atoms in total. The van der Waals surface area contributed by atoms with Gasteiger partial charge in [0, 0.05) is 20.1 Å². The number of hydrogen-bond acceptors (Lipinski definition) is 10. The second-order valence-electron chi connectivity index (χ2n) is 5.30. The zero-order valence-corrected chi connectivity index (χ0v) is 14.3. The van der Waals surface area contributed by atoms with Crippen molar-refractivity contribution in [2.75, 3.05) is 30.0 Å². The summed E-state index contributed by atoms with van der Waals surface area (Å²) in [6.07, 6.45) is 2.44. The van der Waals surface area contributed by atoms with Crippen LogP contribution in [0.1, 0.15) is 30.8 Å². The van der Waals surface area contributed by atoms with Gasteiger partial charge < -0.3 is 16.0 Å². The molecule has 0 aromatic carbocycles. The van der Waals surface area contributed by atoms with Crippen molar-refractivity contribution >= 4 is 40.1 Å². The monoisotopic (exact) mass is 338 g/mol. The first-order valence-electron chi connectivity index (χ1n) is 6.96. The third kappa shape index (κ3) is 3.74. The first-order valence-corrected chi connectivity index (χ1v) is 8.66. The molecule has 2 aromatic rings. The van der Waals surface area contributed by atoms with Crippen LogP contribution in [0.5, 0.6) is 0 Å². The van der Waals surface area contributed by atoms with E-state index in [9.17, 15) is 0 Å². The van der Waals surface area contributed by atoms with Crippen LogP contribution < -0.4 is 16.0 Å². The van der Waals surface area contributed by atoms with Crippen LogP contribution in [0.25, 0.3) is 0 Å². The Labute approximate surface area is 137 Å². The molecule has 0 bridgehead atoms. The second-order valence-corrected chi connectivity index (χ2v) is 7.86. The predicted octanol–water partition coefficient (Wildman–Crippen LogP) is 1.80. The van der Waals surface area contributed by atoms with Crippen molar-refractivity contribution in [2.24, 2.45) is 0 Å². The quantitative estimate of drug-likeness (QED) is 0.762. The molecule has 10 heteroatoms. The number of rotatable bonds is 6. The van der Waals surface area contributed by atoms with Gasteiger partial charge in [0.15, 0.2) is 4.34 Å². The van der Waals surface area contributed by atoms with Crippen LogP contribution in [-0.4, -0.2) is 45.3 Å². The maximum absolute atomic E-state index is 5.76. The number of anilines is 3. The van der Waals surface area contributed by atoms with Crippen molar-refractivity contribution in [3.05, 3.63) is 5.82 Å². The van der Waals surface area contributed by atoms with Crippen molar-refractivity contribution < 1.29 is 0 Å². The average Bonchev–Trinajstić information content (AvgIpc) is 3.17. The van der Waals surface area contributed by atoms with E-state index in [2.05, 4.69) is 30.5 Å². The molecular formula is C12H18N8S2. The fourth-order valence-electron chi connectivity index (χ4n) is 1.70. The van der Waals surface area contributed by atoms with Crippen molar-refractivity contribution in [3.8, 4) is 0 Å². The van der Waals surface area contributed by atoms with Gasteiger partial charge in [0.2, 0.25) is 17.0 Å². The van der Waals surface area contributed by atoms with Crippen LogP contribution in [0, 0.1) is 0 Å². The van der Waals surface area contributed by atoms with Gasteiger partial charge in [0.05, 0.1) is 5.25 Å². The van der Waals surface area contributed by atoms with Crippen molar-refractivity contribution in [3.63, 3.8) is 0 Å². The molecule has 1 saturated carbocycles. The summed E-state index contributed by atoms with van der Waals surface area (Å²) in [5, 5.41) is 12.6. The van der Waals surface area contributed by atoms with E-state index in [4.69, 9.17) is 5.73 Å². The molecule has 1 fully saturated rings. The highest BCUT2D eigenvalue weighted by molar-refractivity contribution is 8.01. The summed E-state index contributed by atoms with van der Waals surface area (Å²) in [6.45, 7) is 2.02. The largest absolute Gasteiger partial charge is 0.368 e. The molecular weight excluding hydrogens is 320 g/mol. The standard InChI is InChI=1S/C12H18N8S2/c1-6(8-15-9(13)17-10(16-8)20(2)3)21-12-19-18-11(22-12)14-7-4-5-7/h6-7H,4-5H2,1-3H3,(H,14,18)(H2,13,15,16,17)/t6-/m1/s1. The maximum atomic E-state index is 5.76. The highest BCUT2D eigenvalue weighted by Gasteiger charge is 2.23. The molecule has 22 heavy (non-hydrogen) atoms. The van der Waals surface area contributed by atoms with Gasteiger partial charge in [-0.3, -0.25) is 0 Å². The van der Waals surface area contributed by atoms with Gasteiger partial charge in [-0.15, -0.1) is 10.2 Å². The molecule has 0 amide bonds. The molecule has 1 aliphatic rings. The average molecular weight is 338 g/mol. The number of nitrogens with two attached hydrogens (primary N) is 1. The van der Waals surface area contributed by atoms with Gasteiger partial charge in [0.1, 0.15) is 5.82 Å². The Morgan fingerprint density at radius 1 is 1.27 bits per heavy atom. The van der Waals surface area contributed by atoms with Crippen molar-refractivity contribution in [2.45, 2.75) is 35.4 Å². The van der Waals surface area contributed by atoms with Gasteiger partial charge in [-0.1, -0.05) is 23.1 Å². The van der Waals surface area contributed by atoms with Crippen molar-refractivity contribution in [1.82, 2.24) is 25.1 Å². The smallest absolute Gasteiger partial charge is 0.229 e. The number of nitrogens with zero attached hydrogens (tertiary/aromatic N) is 6. The minimum absolute atomic E-state index is 0.0192. The first-order chi connectivity index (χ1) is 10.5. The van der Waals surface area contributed by atoms with E-state index < -0.39 is 0 Å². The second kappa shape index (κ2) is 6.21. The van der Waals surface area contributed by atoms with Crippen LogP contribution in [-0.2, 0) is 0 Å². The first kappa shape index (κ1) is 15.2. The summed E-state index contributed by atoms with van der Waals surface area (Å²) >= 11 is 3.13. The maximum Gasteiger partial charge on any atom is 0.229 e. The van der Waals surface area contributed by atoms with Gasteiger partial charge in [-0.25, -0.2) is 0 Å². The summed E-state index contributed by atoms with van der Waals surface area (Å²) in [5.74, 6) is 1.44. The highest BCUT2D eigenvalue weighted by atomic mass is 32.2. The Bertz CT molecular complexity index is 654. The molecule has 2 heterocycles. The molecule has 0 spiro atoms. The van der Waals surface area contributed by atoms with Crippen LogP contribution in [0.2, 0.25) is 0 Å². The van der Waals surface area contributed by atoms with Crippen molar-refractivity contribution in [1.29, 1.82) is 0 Å². The summed E-state index contributed by atoms with van der Waals surface area (Å²) in [6, 6.07) is 0.578. The number of aromatic nitrogens is 5. The molecule has 3 N–H and O–H groups in total. The third-order valence-corrected chi connectivity index (χ3v) is 5.05. The van der Waals surface area contributed by atoms with Crippen LogP contribution in [0.15, 0.2) is 4.34 Å². The number of hydrogen-bond donors (Lipinski definition) is 2. The highest BCUT2D eigenvalue weighted by Crippen LogP contribution is 2.37. The van der Waals surface area contributed by atoms with Gasteiger partial charge in [-0.2, -0.15) is 15.0 Å². The van der Waals surface area contributed by atoms with E-state index in [1.165, 1.54) is 12.8 Å². The van der Waals surface area contributed by atoms with E-state index >= 15 is 0 Å². The van der Waals surface area contributed by atoms with Crippen LogP contribution in [0.3, 0.4) is 0 Å². The Morgan fingerprint density at radius 2 is 2.05 bits per heavy atom. The van der Waals surface area contributed by atoms with Crippen LogP contribution >= 0.6 is 23.1 Å². The Morgan fingerprint density at radius 3 is 2.73 bits per heavy atom. The Balaban J connectivity index is 1.70. The zero-order chi connectivity index (χ0) is 15.7. The number of thioether (sulfide) groups is 1. The topological polar surface area (TPSA) is 106 Å². The third-order valence-electron chi connectivity index (χ3n) is 3.01. The molecule has 1 aliphatic carbocycles. The number of nitrogen functional groups attached to an aromatic ring is 1. The summed E-state index contributed by atoms with van der Waals surface area (Å²) in [4.78, 5) is 14.6. The molecule has 1 atom stereocenters. The molecule has 118 valence electrons. The lowest BCUT2D eigenvalue weighted by Gasteiger charge is -2.13. The fraction of sp³-hybridized carbons (Fsp3) is 0.583. The minimum Gasteiger partial charge on any atom is -0.368 e. The lowest BCUT2D eigenvalue weighted by Crippen LogP contribution is -2.16. The predicted molar refractivity (Wildman–Crippen MR) is 89.4 cm³/mol. The fourth-order valence-corrected chi connectivity index (χ4v) is 3.72. The van der Waals surface area contributed by atoms with E-state index in [0.29, 0.717) is 17.8 Å². The van der Waals surface area contributed by atoms with Gasteiger partial charge in [0.25, 0.3) is 0 Å². The molecule has 0 aliphatic heterocycles. The number of nitrogens with one attached hydrogen (secondary N) is 1. The molecule has 0 radical (unpaired) electrons. The summed E-state index contributed by atoms with van der Waals surface area (Å²) in [5.41, 5.74) is 5.76. The summed E-state index contributed by atoms with van der Waals surface area (Å²) < 4.78 is 0.890. The van der Waals surface area contributed by atoms with Crippen LogP contribution in [0.4, 0.5) is 17.0 Å². The van der Waals surface area contributed by atoms with E-state index in [1.807, 2.05) is 25.9 Å².